The topological polar surface area (TPSA) is 29.9 Å². The molecule has 0 aliphatic heterocycles. The van der Waals surface area contributed by atoms with E-state index in [4.69, 9.17) is 0 Å². The molecule has 1 heterocycles. The van der Waals surface area contributed by atoms with Crippen LogP contribution in [0.15, 0.2) is 24.4 Å². The van der Waals surface area contributed by atoms with Gasteiger partial charge in [0.25, 0.3) is 0 Å². The lowest BCUT2D eigenvalue weighted by Gasteiger charge is -2.14. The molecule has 3 nitrogen and oxygen atoms in total. The lowest BCUT2D eigenvalue weighted by Crippen LogP contribution is -2.22. The molecule has 0 radical (unpaired) electrons. The van der Waals surface area contributed by atoms with Crippen molar-refractivity contribution in [2.75, 3.05) is 6.54 Å². The van der Waals surface area contributed by atoms with Crippen LogP contribution in [-0.4, -0.2) is 16.3 Å². The molecule has 72 valence electrons. The molecule has 0 aromatic carbocycles. The van der Waals surface area contributed by atoms with Crippen LogP contribution in [-0.2, 0) is 7.05 Å². The monoisotopic (exact) mass is 179 g/mol. The lowest BCUT2D eigenvalue weighted by molar-refractivity contribution is 0.592. The summed E-state index contributed by atoms with van der Waals surface area (Å²) in [4.78, 5) is 0. The van der Waals surface area contributed by atoms with Gasteiger partial charge in [0.1, 0.15) is 0 Å². The van der Waals surface area contributed by atoms with E-state index in [2.05, 4.69) is 23.9 Å². The molecule has 1 rings (SSSR count). The number of rotatable bonds is 4. The second kappa shape index (κ2) is 4.23. The maximum absolute atomic E-state index is 4.34. The van der Waals surface area contributed by atoms with Crippen LogP contribution < -0.4 is 5.32 Å². The molecular formula is C10H17N3. The van der Waals surface area contributed by atoms with Crippen molar-refractivity contribution in [3.8, 4) is 0 Å². The predicted octanol–water partition coefficient (Wildman–Crippen LogP) is 1.65. The third-order valence-corrected chi connectivity index (χ3v) is 1.93. The first-order valence-corrected chi connectivity index (χ1v) is 4.53. The SMILES string of the molecule is C=C(C)C(NCC)c1ccn(C)n1. The van der Waals surface area contributed by atoms with Crippen molar-refractivity contribution in [3.05, 3.63) is 30.1 Å². The van der Waals surface area contributed by atoms with Crippen molar-refractivity contribution in [3.63, 3.8) is 0 Å². The van der Waals surface area contributed by atoms with Gasteiger partial charge in [-0.2, -0.15) is 5.10 Å². The number of nitrogens with one attached hydrogen (secondary N) is 1. The molecule has 0 saturated carbocycles. The van der Waals surface area contributed by atoms with E-state index in [1.165, 1.54) is 0 Å². The standard InChI is InChI=1S/C10H17N3/c1-5-11-10(8(2)3)9-6-7-13(4)12-9/h6-7,10-11H,2,5H2,1,3-4H3. The number of likely N-dealkylation sites (N-methyl/N-ethyl adjacent to an activating group) is 1. The molecule has 0 fully saturated rings. The maximum atomic E-state index is 4.34. The van der Waals surface area contributed by atoms with Crippen molar-refractivity contribution in [2.45, 2.75) is 19.9 Å². The average Bonchev–Trinajstić information content (AvgIpc) is 2.46. The molecule has 0 aliphatic carbocycles. The van der Waals surface area contributed by atoms with Gasteiger partial charge in [0.15, 0.2) is 0 Å². The van der Waals surface area contributed by atoms with Crippen molar-refractivity contribution in [1.29, 1.82) is 0 Å². The quantitative estimate of drug-likeness (QED) is 0.712. The number of hydrogen-bond acceptors (Lipinski definition) is 2. The number of aryl methyl sites for hydroxylation is 1. The molecular weight excluding hydrogens is 162 g/mol. The molecule has 0 spiro atoms. The van der Waals surface area contributed by atoms with Gasteiger partial charge in [0.2, 0.25) is 0 Å². The fraction of sp³-hybridized carbons (Fsp3) is 0.500. The first-order valence-electron chi connectivity index (χ1n) is 4.53. The van der Waals surface area contributed by atoms with Crippen LogP contribution in [0.25, 0.3) is 0 Å². The van der Waals surface area contributed by atoms with Crippen LogP contribution in [0.3, 0.4) is 0 Å². The summed E-state index contributed by atoms with van der Waals surface area (Å²) in [5, 5.41) is 7.68. The largest absolute Gasteiger partial charge is 0.305 e. The van der Waals surface area contributed by atoms with Crippen molar-refractivity contribution in [1.82, 2.24) is 15.1 Å². The second-order valence-electron chi connectivity index (χ2n) is 3.25. The molecule has 1 unspecified atom stereocenters. The smallest absolute Gasteiger partial charge is 0.0835 e. The van der Waals surface area contributed by atoms with Crippen molar-refractivity contribution >= 4 is 0 Å². The first kappa shape index (κ1) is 9.99. The second-order valence-corrected chi connectivity index (χ2v) is 3.25. The molecule has 0 amide bonds. The summed E-state index contributed by atoms with van der Waals surface area (Å²) in [6, 6.07) is 2.20. The minimum Gasteiger partial charge on any atom is -0.305 e. The molecule has 1 atom stereocenters. The Morgan fingerprint density at radius 1 is 1.77 bits per heavy atom. The summed E-state index contributed by atoms with van der Waals surface area (Å²) in [6.07, 6.45) is 1.95. The minimum atomic E-state index is 0.186. The van der Waals surface area contributed by atoms with Gasteiger partial charge >= 0.3 is 0 Å². The van der Waals surface area contributed by atoms with Crippen LogP contribution >= 0.6 is 0 Å². The van der Waals surface area contributed by atoms with E-state index in [-0.39, 0.29) is 6.04 Å². The molecule has 1 aromatic rings. The van der Waals surface area contributed by atoms with Crippen molar-refractivity contribution in [2.24, 2.45) is 7.05 Å². The molecule has 0 saturated heterocycles. The Bertz CT molecular complexity index is 288. The Morgan fingerprint density at radius 3 is 2.85 bits per heavy atom. The Balaban J connectivity index is 2.81. The highest BCUT2D eigenvalue weighted by molar-refractivity contribution is 5.17. The fourth-order valence-corrected chi connectivity index (χ4v) is 1.32. The highest BCUT2D eigenvalue weighted by Gasteiger charge is 2.12. The maximum Gasteiger partial charge on any atom is 0.0835 e. The molecule has 0 aliphatic rings. The van der Waals surface area contributed by atoms with E-state index in [1.807, 2.05) is 30.9 Å². The van der Waals surface area contributed by atoms with Crippen LogP contribution in [0.5, 0.6) is 0 Å². The zero-order valence-corrected chi connectivity index (χ0v) is 8.54. The Morgan fingerprint density at radius 2 is 2.46 bits per heavy atom. The van der Waals surface area contributed by atoms with Gasteiger partial charge < -0.3 is 5.32 Å². The summed E-state index contributed by atoms with van der Waals surface area (Å²) >= 11 is 0. The molecule has 1 N–H and O–H groups in total. The van der Waals surface area contributed by atoms with Crippen LogP contribution in [0, 0.1) is 0 Å². The van der Waals surface area contributed by atoms with Crippen LogP contribution in [0.4, 0.5) is 0 Å². The van der Waals surface area contributed by atoms with E-state index in [0.717, 1.165) is 17.8 Å². The van der Waals surface area contributed by atoms with E-state index >= 15 is 0 Å². The Hall–Kier alpha value is -1.09. The molecule has 1 aromatic heterocycles. The third kappa shape index (κ3) is 2.42. The number of hydrogen-bond donors (Lipinski definition) is 1. The molecule has 13 heavy (non-hydrogen) atoms. The normalized spacial score (nSPS) is 12.8. The van der Waals surface area contributed by atoms with Crippen molar-refractivity contribution < 1.29 is 0 Å². The Labute approximate surface area is 79.5 Å². The summed E-state index contributed by atoms with van der Waals surface area (Å²) in [5.41, 5.74) is 2.14. The van der Waals surface area contributed by atoms with Gasteiger partial charge in [-0.05, 0) is 19.5 Å². The summed E-state index contributed by atoms with van der Waals surface area (Å²) in [6.45, 7) is 8.97. The minimum absolute atomic E-state index is 0.186. The van der Waals surface area contributed by atoms with E-state index in [0.29, 0.717) is 0 Å². The van der Waals surface area contributed by atoms with Gasteiger partial charge in [-0.1, -0.05) is 19.1 Å². The highest BCUT2D eigenvalue weighted by atomic mass is 15.3. The van der Waals surface area contributed by atoms with Gasteiger partial charge in [0.05, 0.1) is 11.7 Å². The van der Waals surface area contributed by atoms with E-state index < -0.39 is 0 Å². The van der Waals surface area contributed by atoms with Gasteiger partial charge in [0, 0.05) is 13.2 Å². The summed E-state index contributed by atoms with van der Waals surface area (Å²) < 4.78 is 1.81. The van der Waals surface area contributed by atoms with Gasteiger partial charge in [-0.15, -0.1) is 0 Å². The zero-order valence-electron chi connectivity index (χ0n) is 8.54. The van der Waals surface area contributed by atoms with E-state index in [1.54, 1.807) is 0 Å². The predicted molar refractivity (Wildman–Crippen MR) is 54.4 cm³/mol. The number of aromatic nitrogens is 2. The van der Waals surface area contributed by atoms with Crippen LogP contribution in [0.1, 0.15) is 25.6 Å². The van der Waals surface area contributed by atoms with Gasteiger partial charge in [-0.25, -0.2) is 0 Å². The van der Waals surface area contributed by atoms with Crippen LogP contribution in [0.2, 0.25) is 0 Å². The molecule has 3 heteroatoms. The first-order chi connectivity index (χ1) is 6.15. The summed E-state index contributed by atoms with van der Waals surface area (Å²) in [5.74, 6) is 0. The number of nitrogens with zero attached hydrogens (tertiary/aromatic N) is 2. The lowest BCUT2D eigenvalue weighted by atomic mass is 10.1. The molecule has 0 bridgehead atoms. The Kier molecular flexibility index (Phi) is 3.25. The summed E-state index contributed by atoms with van der Waals surface area (Å²) in [7, 11) is 1.92. The zero-order chi connectivity index (χ0) is 9.84. The highest BCUT2D eigenvalue weighted by Crippen LogP contribution is 2.17. The third-order valence-electron chi connectivity index (χ3n) is 1.93. The fourth-order valence-electron chi connectivity index (χ4n) is 1.32. The van der Waals surface area contributed by atoms with E-state index in [9.17, 15) is 0 Å². The van der Waals surface area contributed by atoms with Gasteiger partial charge in [-0.3, -0.25) is 4.68 Å². The average molecular weight is 179 g/mol.